The molecule has 0 aromatic heterocycles. The fourth-order valence-electron chi connectivity index (χ4n) is 2.29. The molecule has 120 valence electrons. The molecule has 0 saturated heterocycles. The van der Waals surface area contributed by atoms with Gasteiger partial charge < -0.3 is 5.32 Å². The summed E-state index contributed by atoms with van der Waals surface area (Å²) in [5.74, 6) is 0.239. The fraction of sp³-hybridized carbons (Fsp3) is 0.188. The second-order valence-electron chi connectivity index (χ2n) is 5.13. The van der Waals surface area contributed by atoms with Crippen LogP contribution >= 0.6 is 11.8 Å². The molecule has 23 heavy (non-hydrogen) atoms. The number of amides is 1. The standard InChI is InChI=1S/C16H16N2O3S2/c19-16-11-22-15-7-6-13(10-14(15)18-16)23(20,21)17-9-8-12-4-2-1-3-5-12/h1-7,10,17H,8-9,11H2,(H,18,19). The highest BCUT2D eigenvalue weighted by Gasteiger charge is 2.20. The third kappa shape index (κ3) is 3.93. The molecule has 7 heteroatoms. The monoisotopic (exact) mass is 348 g/mol. The van der Waals surface area contributed by atoms with Crippen LogP contribution in [0.4, 0.5) is 5.69 Å². The van der Waals surface area contributed by atoms with Gasteiger partial charge in [-0.25, -0.2) is 13.1 Å². The van der Waals surface area contributed by atoms with Crippen molar-refractivity contribution in [1.29, 1.82) is 0 Å². The Bertz CT molecular complexity index is 820. The summed E-state index contributed by atoms with van der Waals surface area (Å²) in [6.45, 7) is 0.324. The lowest BCUT2D eigenvalue weighted by Gasteiger charge is -2.17. The topological polar surface area (TPSA) is 75.3 Å². The lowest BCUT2D eigenvalue weighted by molar-refractivity contribution is -0.113. The molecule has 0 unspecified atom stereocenters. The average molecular weight is 348 g/mol. The van der Waals surface area contributed by atoms with Crippen molar-refractivity contribution in [2.75, 3.05) is 17.6 Å². The van der Waals surface area contributed by atoms with Crippen LogP contribution in [-0.2, 0) is 21.2 Å². The number of sulfonamides is 1. The second-order valence-corrected chi connectivity index (χ2v) is 7.91. The van der Waals surface area contributed by atoms with Gasteiger partial charge in [-0.15, -0.1) is 11.8 Å². The molecule has 2 aromatic rings. The van der Waals surface area contributed by atoms with Crippen LogP contribution in [0.1, 0.15) is 5.56 Å². The van der Waals surface area contributed by atoms with E-state index in [9.17, 15) is 13.2 Å². The van der Waals surface area contributed by atoms with Gasteiger partial charge in [-0.3, -0.25) is 4.79 Å². The van der Waals surface area contributed by atoms with E-state index in [-0.39, 0.29) is 10.8 Å². The van der Waals surface area contributed by atoms with E-state index < -0.39 is 10.0 Å². The molecule has 1 heterocycles. The molecule has 2 N–H and O–H groups in total. The van der Waals surface area contributed by atoms with E-state index in [0.717, 1.165) is 10.5 Å². The van der Waals surface area contributed by atoms with E-state index in [2.05, 4.69) is 10.0 Å². The molecular formula is C16H16N2O3S2. The Kier molecular flexibility index (Phi) is 4.70. The van der Waals surface area contributed by atoms with Crippen LogP contribution in [0.15, 0.2) is 58.3 Å². The molecule has 0 atom stereocenters. The third-order valence-corrected chi connectivity index (χ3v) is 5.97. The van der Waals surface area contributed by atoms with E-state index in [0.29, 0.717) is 24.4 Å². The molecule has 0 bridgehead atoms. The van der Waals surface area contributed by atoms with Crippen LogP contribution in [0.25, 0.3) is 0 Å². The van der Waals surface area contributed by atoms with Gasteiger partial charge in [0, 0.05) is 11.4 Å². The summed E-state index contributed by atoms with van der Waals surface area (Å²) in [6, 6.07) is 14.5. The van der Waals surface area contributed by atoms with E-state index in [4.69, 9.17) is 0 Å². The molecule has 0 fully saturated rings. The van der Waals surface area contributed by atoms with Crippen molar-refractivity contribution in [1.82, 2.24) is 4.72 Å². The summed E-state index contributed by atoms with van der Waals surface area (Å²) in [5, 5.41) is 2.70. The van der Waals surface area contributed by atoms with E-state index in [1.807, 2.05) is 30.3 Å². The predicted octanol–water partition coefficient (Wildman–Crippen LogP) is 2.25. The Hall–Kier alpha value is -1.83. The number of fused-ring (bicyclic) bond motifs is 1. The van der Waals surface area contributed by atoms with E-state index in [1.165, 1.54) is 17.8 Å². The van der Waals surface area contributed by atoms with Crippen molar-refractivity contribution in [2.45, 2.75) is 16.2 Å². The molecule has 2 aromatic carbocycles. The van der Waals surface area contributed by atoms with Gasteiger partial charge >= 0.3 is 0 Å². The van der Waals surface area contributed by atoms with Crippen LogP contribution in [0, 0.1) is 0 Å². The van der Waals surface area contributed by atoms with Gasteiger partial charge in [0.2, 0.25) is 15.9 Å². The minimum absolute atomic E-state index is 0.117. The van der Waals surface area contributed by atoms with Gasteiger partial charge in [0.05, 0.1) is 16.3 Å². The first-order valence-corrected chi connectivity index (χ1v) is 9.62. The highest BCUT2D eigenvalue weighted by atomic mass is 32.2. The van der Waals surface area contributed by atoms with E-state index in [1.54, 1.807) is 12.1 Å². The normalized spacial score (nSPS) is 14.2. The fourth-order valence-corrected chi connectivity index (χ4v) is 4.13. The first kappa shape index (κ1) is 16.0. The smallest absolute Gasteiger partial charge is 0.240 e. The summed E-state index contributed by atoms with van der Waals surface area (Å²) in [4.78, 5) is 12.5. The molecule has 0 aliphatic carbocycles. The number of anilines is 1. The zero-order valence-corrected chi connectivity index (χ0v) is 13.9. The molecule has 3 rings (SSSR count). The van der Waals surface area contributed by atoms with Crippen LogP contribution in [0.3, 0.4) is 0 Å². The number of carbonyl (C=O) groups is 1. The van der Waals surface area contributed by atoms with Crippen molar-refractivity contribution in [2.24, 2.45) is 0 Å². The number of rotatable bonds is 5. The first-order valence-electron chi connectivity index (χ1n) is 7.15. The molecule has 1 aliphatic heterocycles. The highest BCUT2D eigenvalue weighted by Crippen LogP contribution is 2.32. The summed E-state index contributed by atoms with van der Waals surface area (Å²) in [7, 11) is -3.59. The summed E-state index contributed by atoms with van der Waals surface area (Å²) >= 11 is 1.40. The zero-order valence-electron chi connectivity index (χ0n) is 12.3. The number of carbonyl (C=O) groups excluding carboxylic acids is 1. The molecule has 1 amide bonds. The molecule has 1 aliphatic rings. The number of benzene rings is 2. The van der Waals surface area contributed by atoms with Crippen molar-refractivity contribution < 1.29 is 13.2 Å². The maximum absolute atomic E-state index is 12.4. The largest absolute Gasteiger partial charge is 0.324 e. The van der Waals surface area contributed by atoms with Crippen LogP contribution in [0.5, 0.6) is 0 Å². The van der Waals surface area contributed by atoms with Crippen LogP contribution < -0.4 is 10.0 Å². The number of nitrogens with one attached hydrogen (secondary N) is 2. The maximum Gasteiger partial charge on any atom is 0.240 e. The Morgan fingerprint density at radius 3 is 2.70 bits per heavy atom. The zero-order chi connectivity index (χ0) is 16.3. The van der Waals surface area contributed by atoms with Gasteiger partial charge in [-0.1, -0.05) is 30.3 Å². The second kappa shape index (κ2) is 6.74. The number of thioether (sulfide) groups is 1. The predicted molar refractivity (Wildman–Crippen MR) is 91.1 cm³/mol. The van der Waals surface area contributed by atoms with Gasteiger partial charge in [-0.05, 0) is 30.2 Å². The SMILES string of the molecule is O=C1CSc2ccc(S(=O)(=O)NCCc3ccccc3)cc2N1. The average Bonchev–Trinajstić information content (AvgIpc) is 2.55. The molecule has 0 radical (unpaired) electrons. The minimum atomic E-state index is -3.59. The lowest BCUT2D eigenvalue weighted by atomic mass is 10.2. The number of hydrogen-bond donors (Lipinski definition) is 2. The summed E-state index contributed by atoms with van der Waals surface area (Å²) in [6.07, 6.45) is 0.623. The molecule has 0 spiro atoms. The Labute approximate surface area is 139 Å². The summed E-state index contributed by atoms with van der Waals surface area (Å²) < 4.78 is 27.3. The van der Waals surface area contributed by atoms with Crippen molar-refractivity contribution in [3.05, 3.63) is 54.1 Å². The number of hydrogen-bond acceptors (Lipinski definition) is 4. The quantitative estimate of drug-likeness (QED) is 0.869. The van der Waals surface area contributed by atoms with Crippen molar-refractivity contribution in [3.8, 4) is 0 Å². The first-order chi connectivity index (χ1) is 11.0. The lowest BCUT2D eigenvalue weighted by Crippen LogP contribution is -2.26. The van der Waals surface area contributed by atoms with Crippen LogP contribution in [0.2, 0.25) is 0 Å². The molecular weight excluding hydrogens is 332 g/mol. The van der Waals surface area contributed by atoms with Crippen molar-refractivity contribution >= 4 is 33.4 Å². The van der Waals surface area contributed by atoms with E-state index >= 15 is 0 Å². The highest BCUT2D eigenvalue weighted by molar-refractivity contribution is 8.00. The summed E-state index contributed by atoms with van der Waals surface area (Å²) in [5.41, 5.74) is 1.63. The van der Waals surface area contributed by atoms with Gasteiger partial charge in [0.1, 0.15) is 0 Å². The Morgan fingerprint density at radius 2 is 1.91 bits per heavy atom. The van der Waals surface area contributed by atoms with Crippen molar-refractivity contribution in [3.63, 3.8) is 0 Å². The Morgan fingerprint density at radius 1 is 1.13 bits per heavy atom. The molecule has 0 saturated carbocycles. The van der Waals surface area contributed by atoms with Gasteiger partial charge in [0.15, 0.2) is 0 Å². The Balaban J connectivity index is 1.70. The maximum atomic E-state index is 12.4. The van der Waals surface area contributed by atoms with Crippen LogP contribution in [-0.4, -0.2) is 26.6 Å². The minimum Gasteiger partial charge on any atom is -0.324 e. The third-order valence-electron chi connectivity index (χ3n) is 3.44. The van der Waals surface area contributed by atoms with Gasteiger partial charge in [0.25, 0.3) is 0 Å². The van der Waals surface area contributed by atoms with Gasteiger partial charge in [-0.2, -0.15) is 0 Å². The molecule has 5 nitrogen and oxygen atoms in total.